The normalized spacial score (nSPS) is 25.6. The Balaban J connectivity index is 2.13. The SMILES string of the molecule is CN[C@@]1(c2ccccc2Cl)CCCC[C@@H]1NCCCN(C)C. The van der Waals surface area contributed by atoms with Gasteiger partial charge in [0.15, 0.2) is 0 Å². The van der Waals surface area contributed by atoms with E-state index in [0.29, 0.717) is 6.04 Å². The minimum atomic E-state index is -0.0469. The van der Waals surface area contributed by atoms with Crippen molar-refractivity contribution in [3.63, 3.8) is 0 Å². The average molecular weight is 324 g/mol. The molecule has 1 saturated carbocycles. The van der Waals surface area contributed by atoms with Crippen molar-refractivity contribution >= 4 is 11.6 Å². The van der Waals surface area contributed by atoms with Gasteiger partial charge in [-0.3, -0.25) is 0 Å². The van der Waals surface area contributed by atoms with Gasteiger partial charge in [-0.15, -0.1) is 0 Å². The van der Waals surface area contributed by atoms with Gasteiger partial charge in [0.05, 0.1) is 5.54 Å². The number of likely N-dealkylation sites (N-methyl/N-ethyl adjacent to an activating group) is 1. The molecule has 0 heterocycles. The molecular formula is C18H30ClN3. The van der Waals surface area contributed by atoms with E-state index in [4.69, 9.17) is 11.6 Å². The molecule has 4 heteroatoms. The van der Waals surface area contributed by atoms with Crippen molar-refractivity contribution in [2.75, 3.05) is 34.2 Å². The maximum Gasteiger partial charge on any atom is 0.0602 e. The number of nitrogens with one attached hydrogen (secondary N) is 2. The van der Waals surface area contributed by atoms with Gasteiger partial charge in [-0.05, 0) is 65.1 Å². The lowest BCUT2D eigenvalue weighted by molar-refractivity contribution is 0.177. The molecule has 0 aliphatic heterocycles. The van der Waals surface area contributed by atoms with Crippen molar-refractivity contribution in [3.05, 3.63) is 34.9 Å². The maximum absolute atomic E-state index is 6.52. The van der Waals surface area contributed by atoms with Crippen molar-refractivity contribution in [1.82, 2.24) is 15.5 Å². The molecule has 0 bridgehead atoms. The highest BCUT2D eigenvalue weighted by Crippen LogP contribution is 2.40. The standard InChI is InChI=1S/C18H30ClN3/c1-20-18(15-9-4-5-10-16(15)19)12-7-6-11-17(18)21-13-8-14-22(2)3/h4-5,9-10,17,20-21H,6-8,11-14H2,1-3H3/t17-,18+/m0/s1. The Bertz CT molecular complexity index is 463. The van der Waals surface area contributed by atoms with E-state index in [1.165, 1.54) is 31.2 Å². The molecule has 0 radical (unpaired) electrons. The Kier molecular flexibility index (Phi) is 6.69. The summed E-state index contributed by atoms with van der Waals surface area (Å²) in [6.07, 6.45) is 6.06. The van der Waals surface area contributed by atoms with Crippen LogP contribution in [0.1, 0.15) is 37.7 Å². The third-order valence-corrected chi connectivity index (χ3v) is 5.21. The number of hydrogen-bond donors (Lipinski definition) is 2. The molecule has 0 saturated heterocycles. The summed E-state index contributed by atoms with van der Waals surface area (Å²) in [7, 11) is 6.33. The van der Waals surface area contributed by atoms with Crippen LogP contribution >= 0.6 is 11.6 Å². The molecule has 1 aromatic rings. The summed E-state index contributed by atoms with van der Waals surface area (Å²) >= 11 is 6.52. The van der Waals surface area contributed by atoms with E-state index in [1.54, 1.807) is 0 Å². The van der Waals surface area contributed by atoms with Crippen LogP contribution in [0.25, 0.3) is 0 Å². The Labute approximate surface area is 140 Å². The molecule has 2 atom stereocenters. The van der Waals surface area contributed by atoms with E-state index < -0.39 is 0 Å². The van der Waals surface area contributed by atoms with Crippen LogP contribution in [0.5, 0.6) is 0 Å². The third kappa shape index (κ3) is 4.02. The quantitative estimate of drug-likeness (QED) is 0.754. The van der Waals surface area contributed by atoms with Crippen LogP contribution in [0.4, 0.5) is 0 Å². The van der Waals surface area contributed by atoms with Gasteiger partial charge < -0.3 is 15.5 Å². The number of nitrogens with zero attached hydrogens (tertiary/aromatic N) is 1. The highest BCUT2D eigenvalue weighted by Gasteiger charge is 2.41. The predicted molar refractivity (Wildman–Crippen MR) is 95.6 cm³/mol. The molecule has 2 N–H and O–H groups in total. The topological polar surface area (TPSA) is 27.3 Å². The fourth-order valence-electron chi connectivity index (χ4n) is 3.70. The van der Waals surface area contributed by atoms with Gasteiger partial charge in [0.1, 0.15) is 0 Å². The first-order valence-electron chi connectivity index (χ1n) is 8.42. The Morgan fingerprint density at radius 3 is 2.73 bits per heavy atom. The van der Waals surface area contributed by atoms with Crippen LogP contribution in [0.15, 0.2) is 24.3 Å². The lowest BCUT2D eigenvalue weighted by atomic mass is 9.72. The Hall–Kier alpha value is -0.610. The summed E-state index contributed by atoms with van der Waals surface area (Å²) in [5.74, 6) is 0. The molecule has 2 rings (SSSR count). The monoisotopic (exact) mass is 323 g/mol. The van der Waals surface area contributed by atoms with Crippen molar-refractivity contribution < 1.29 is 0 Å². The molecule has 1 aromatic carbocycles. The first kappa shape index (κ1) is 17.7. The summed E-state index contributed by atoms with van der Waals surface area (Å²) in [6.45, 7) is 2.18. The zero-order valence-corrected chi connectivity index (χ0v) is 14.9. The number of benzene rings is 1. The van der Waals surface area contributed by atoms with Crippen LogP contribution in [-0.2, 0) is 5.54 Å². The van der Waals surface area contributed by atoms with E-state index in [2.05, 4.69) is 48.8 Å². The van der Waals surface area contributed by atoms with Crippen molar-refractivity contribution in [2.24, 2.45) is 0 Å². The Morgan fingerprint density at radius 1 is 1.27 bits per heavy atom. The van der Waals surface area contributed by atoms with Crippen LogP contribution in [0.2, 0.25) is 5.02 Å². The molecule has 124 valence electrons. The third-order valence-electron chi connectivity index (χ3n) is 4.88. The summed E-state index contributed by atoms with van der Waals surface area (Å²) in [5.41, 5.74) is 1.19. The van der Waals surface area contributed by atoms with Crippen LogP contribution in [0.3, 0.4) is 0 Å². The predicted octanol–water partition coefficient (Wildman–Crippen LogP) is 3.24. The molecule has 0 spiro atoms. The molecular weight excluding hydrogens is 294 g/mol. The van der Waals surface area contributed by atoms with Gasteiger partial charge in [0.25, 0.3) is 0 Å². The van der Waals surface area contributed by atoms with Crippen molar-refractivity contribution in [3.8, 4) is 0 Å². The van der Waals surface area contributed by atoms with E-state index in [1.807, 2.05) is 12.1 Å². The largest absolute Gasteiger partial charge is 0.312 e. The molecule has 0 unspecified atom stereocenters. The van der Waals surface area contributed by atoms with Gasteiger partial charge in [0.2, 0.25) is 0 Å². The van der Waals surface area contributed by atoms with Crippen molar-refractivity contribution in [2.45, 2.75) is 43.7 Å². The Morgan fingerprint density at radius 2 is 2.05 bits per heavy atom. The summed E-state index contributed by atoms with van der Waals surface area (Å²) < 4.78 is 0. The first-order valence-corrected chi connectivity index (χ1v) is 8.80. The number of hydrogen-bond acceptors (Lipinski definition) is 3. The zero-order chi connectivity index (χ0) is 16.0. The van der Waals surface area contributed by atoms with Gasteiger partial charge in [0, 0.05) is 11.1 Å². The van der Waals surface area contributed by atoms with E-state index in [-0.39, 0.29) is 5.54 Å². The van der Waals surface area contributed by atoms with Crippen LogP contribution in [-0.4, -0.2) is 45.2 Å². The first-order chi connectivity index (χ1) is 10.6. The molecule has 0 amide bonds. The van der Waals surface area contributed by atoms with E-state index in [9.17, 15) is 0 Å². The lowest BCUT2D eigenvalue weighted by Crippen LogP contribution is -2.58. The highest BCUT2D eigenvalue weighted by molar-refractivity contribution is 6.31. The fourth-order valence-corrected chi connectivity index (χ4v) is 4.00. The minimum Gasteiger partial charge on any atom is -0.312 e. The molecule has 22 heavy (non-hydrogen) atoms. The number of halogens is 1. The van der Waals surface area contributed by atoms with Gasteiger partial charge >= 0.3 is 0 Å². The average Bonchev–Trinajstić information content (AvgIpc) is 2.52. The molecule has 1 aliphatic carbocycles. The number of rotatable bonds is 7. The smallest absolute Gasteiger partial charge is 0.0602 e. The fraction of sp³-hybridized carbons (Fsp3) is 0.667. The van der Waals surface area contributed by atoms with Crippen LogP contribution < -0.4 is 10.6 Å². The van der Waals surface area contributed by atoms with Crippen molar-refractivity contribution in [1.29, 1.82) is 0 Å². The van der Waals surface area contributed by atoms with Crippen LogP contribution in [0, 0.1) is 0 Å². The van der Waals surface area contributed by atoms with Gasteiger partial charge in [-0.2, -0.15) is 0 Å². The zero-order valence-electron chi connectivity index (χ0n) is 14.2. The summed E-state index contributed by atoms with van der Waals surface area (Å²) in [5, 5.41) is 8.29. The lowest BCUT2D eigenvalue weighted by Gasteiger charge is -2.45. The maximum atomic E-state index is 6.52. The summed E-state index contributed by atoms with van der Waals surface area (Å²) in [6, 6.07) is 8.73. The highest BCUT2D eigenvalue weighted by atomic mass is 35.5. The molecule has 3 nitrogen and oxygen atoms in total. The second-order valence-electron chi connectivity index (χ2n) is 6.61. The van der Waals surface area contributed by atoms with Gasteiger partial charge in [-0.25, -0.2) is 0 Å². The minimum absolute atomic E-state index is 0.0469. The molecule has 0 aromatic heterocycles. The molecule has 1 fully saturated rings. The second-order valence-corrected chi connectivity index (χ2v) is 7.02. The summed E-state index contributed by atoms with van der Waals surface area (Å²) in [4.78, 5) is 2.24. The molecule has 1 aliphatic rings. The van der Waals surface area contributed by atoms with Gasteiger partial charge in [-0.1, -0.05) is 42.6 Å². The second kappa shape index (κ2) is 8.30. The van der Waals surface area contributed by atoms with E-state index in [0.717, 1.165) is 24.5 Å². The van der Waals surface area contributed by atoms with E-state index >= 15 is 0 Å².